The summed E-state index contributed by atoms with van der Waals surface area (Å²) in [7, 11) is 5.16. The average molecular weight is 374 g/mol. The molecule has 2 aromatic carbocycles. The van der Waals surface area contributed by atoms with Gasteiger partial charge in [0.2, 0.25) is 11.8 Å². The monoisotopic (exact) mass is 373 g/mol. The number of carbonyl (C=O) groups is 2. The molecule has 0 aliphatic rings. The van der Waals surface area contributed by atoms with Crippen molar-refractivity contribution in [3.8, 4) is 0 Å². The van der Waals surface area contributed by atoms with Crippen molar-refractivity contribution < 1.29 is 9.59 Å². The Balaban J connectivity index is 2.26. The molecule has 0 bridgehead atoms. The minimum atomic E-state index is -0.597. The summed E-state index contributed by atoms with van der Waals surface area (Å²) in [6.45, 7) is 2.04. The minimum absolute atomic E-state index is 0.0698. The fourth-order valence-electron chi connectivity index (χ4n) is 2.57. The molecule has 2 amide bonds. The summed E-state index contributed by atoms with van der Waals surface area (Å²) < 4.78 is 0. The van der Waals surface area contributed by atoms with Gasteiger partial charge in [0, 0.05) is 24.8 Å². The molecule has 0 spiro atoms. The van der Waals surface area contributed by atoms with Crippen molar-refractivity contribution in [1.82, 2.24) is 9.80 Å². The summed E-state index contributed by atoms with van der Waals surface area (Å²) in [6, 6.07) is 14.2. The van der Waals surface area contributed by atoms with Crippen molar-refractivity contribution in [2.45, 2.75) is 13.0 Å². The normalized spacial score (nSPS) is 11.9. The summed E-state index contributed by atoms with van der Waals surface area (Å²) in [4.78, 5) is 28.3. The van der Waals surface area contributed by atoms with Crippen LogP contribution in [0.3, 0.4) is 0 Å². The summed E-state index contributed by atoms with van der Waals surface area (Å²) in [5.41, 5.74) is 2.38. The molecule has 26 heavy (non-hydrogen) atoms. The van der Waals surface area contributed by atoms with Crippen LogP contribution < -0.4 is 5.32 Å². The molecule has 0 aliphatic carbocycles. The van der Waals surface area contributed by atoms with Crippen LogP contribution in [-0.4, -0.2) is 49.3 Å². The molecule has 0 heterocycles. The Kier molecular flexibility index (Phi) is 6.77. The predicted molar refractivity (Wildman–Crippen MR) is 105 cm³/mol. The van der Waals surface area contributed by atoms with Crippen LogP contribution >= 0.6 is 11.6 Å². The van der Waals surface area contributed by atoms with E-state index in [1.165, 1.54) is 4.90 Å². The standard InChI is InChI=1S/C20H24ClN3O2/c1-14-10-11-16(12-17(14)21)22-20(26)19(15-8-6-5-7-9-15)24(4)13-18(25)23(2)3/h5-12,19H,13H2,1-4H3,(H,22,26). The van der Waals surface area contributed by atoms with Gasteiger partial charge in [-0.3, -0.25) is 14.5 Å². The quantitative estimate of drug-likeness (QED) is 0.844. The zero-order valence-corrected chi connectivity index (χ0v) is 16.2. The molecule has 1 atom stereocenters. The lowest BCUT2D eigenvalue weighted by Crippen LogP contribution is -2.41. The summed E-state index contributed by atoms with van der Waals surface area (Å²) in [5, 5.41) is 3.49. The molecule has 0 saturated heterocycles. The first kappa shape index (κ1) is 19.9. The Morgan fingerprint density at radius 3 is 2.31 bits per heavy atom. The largest absolute Gasteiger partial charge is 0.348 e. The second kappa shape index (κ2) is 8.83. The Morgan fingerprint density at radius 1 is 1.08 bits per heavy atom. The first-order chi connectivity index (χ1) is 12.3. The number of amides is 2. The first-order valence-corrected chi connectivity index (χ1v) is 8.69. The van der Waals surface area contributed by atoms with Crippen molar-refractivity contribution >= 4 is 29.1 Å². The van der Waals surface area contributed by atoms with Gasteiger partial charge >= 0.3 is 0 Å². The number of carbonyl (C=O) groups excluding carboxylic acids is 2. The van der Waals surface area contributed by atoms with Gasteiger partial charge in [-0.1, -0.05) is 48.0 Å². The van der Waals surface area contributed by atoms with E-state index in [0.717, 1.165) is 11.1 Å². The highest BCUT2D eigenvalue weighted by Gasteiger charge is 2.27. The second-order valence-corrected chi connectivity index (χ2v) is 6.88. The highest BCUT2D eigenvalue weighted by molar-refractivity contribution is 6.31. The zero-order valence-electron chi connectivity index (χ0n) is 15.5. The van der Waals surface area contributed by atoms with Crippen LogP contribution in [-0.2, 0) is 9.59 Å². The number of nitrogens with zero attached hydrogens (tertiary/aromatic N) is 2. The van der Waals surface area contributed by atoms with E-state index in [9.17, 15) is 9.59 Å². The van der Waals surface area contributed by atoms with Crippen molar-refractivity contribution in [2.75, 3.05) is 33.0 Å². The van der Waals surface area contributed by atoms with Gasteiger partial charge in [-0.25, -0.2) is 0 Å². The smallest absolute Gasteiger partial charge is 0.246 e. The lowest BCUT2D eigenvalue weighted by Gasteiger charge is -2.28. The predicted octanol–water partition coefficient (Wildman–Crippen LogP) is 3.35. The molecule has 0 fully saturated rings. The Labute approximate surface area is 159 Å². The zero-order chi connectivity index (χ0) is 19.3. The molecule has 5 nitrogen and oxygen atoms in total. The second-order valence-electron chi connectivity index (χ2n) is 6.47. The van der Waals surface area contributed by atoms with Gasteiger partial charge in [0.15, 0.2) is 0 Å². The molecule has 6 heteroatoms. The van der Waals surface area contributed by atoms with Crippen LogP contribution in [0.5, 0.6) is 0 Å². The molecule has 0 radical (unpaired) electrons. The third kappa shape index (κ3) is 5.07. The van der Waals surface area contributed by atoms with Crippen LogP contribution in [0, 0.1) is 6.92 Å². The molecular formula is C20H24ClN3O2. The van der Waals surface area contributed by atoms with E-state index in [-0.39, 0.29) is 18.4 Å². The fourth-order valence-corrected chi connectivity index (χ4v) is 2.75. The SMILES string of the molecule is Cc1ccc(NC(=O)C(c2ccccc2)N(C)CC(=O)N(C)C)cc1Cl. The minimum Gasteiger partial charge on any atom is -0.348 e. The number of aryl methyl sites for hydroxylation is 1. The first-order valence-electron chi connectivity index (χ1n) is 8.32. The van der Waals surface area contributed by atoms with E-state index in [1.54, 1.807) is 32.1 Å². The van der Waals surface area contributed by atoms with Crippen LogP contribution in [0.15, 0.2) is 48.5 Å². The van der Waals surface area contributed by atoms with E-state index in [4.69, 9.17) is 11.6 Å². The Hall–Kier alpha value is -2.37. The van der Waals surface area contributed by atoms with Gasteiger partial charge in [0.25, 0.3) is 0 Å². The van der Waals surface area contributed by atoms with Gasteiger partial charge in [0.05, 0.1) is 6.54 Å². The molecule has 1 unspecified atom stereocenters. The summed E-state index contributed by atoms with van der Waals surface area (Å²) in [6.07, 6.45) is 0. The van der Waals surface area contributed by atoms with Crippen LogP contribution in [0.4, 0.5) is 5.69 Å². The molecular weight excluding hydrogens is 350 g/mol. The number of anilines is 1. The van der Waals surface area contributed by atoms with Crippen molar-refractivity contribution in [3.63, 3.8) is 0 Å². The maximum atomic E-state index is 13.0. The van der Waals surface area contributed by atoms with E-state index in [1.807, 2.05) is 49.4 Å². The van der Waals surface area contributed by atoms with E-state index < -0.39 is 6.04 Å². The molecule has 2 aromatic rings. The fraction of sp³-hybridized carbons (Fsp3) is 0.300. The third-order valence-electron chi connectivity index (χ3n) is 4.13. The summed E-state index contributed by atoms with van der Waals surface area (Å²) >= 11 is 6.15. The lowest BCUT2D eigenvalue weighted by atomic mass is 10.0. The number of hydrogen-bond donors (Lipinski definition) is 1. The number of benzene rings is 2. The van der Waals surface area contributed by atoms with Gasteiger partial charge < -0.3 is 10.2 Å². The van der Waals surface area contributed by atoms with Gasteiger partial charge in [-0.15, -0.1) is 0 Å². The van der Waals surface area contributed by atoms with E-state index in [2.05, 4.69) is 5.32 Å². The van der Waals surface area contributed by atoms with Crippen LogP contribution in [0.25, 0.3) is 0 Å². The van der Waals surface area contributed by atoms with E-state index in [0.29, 0.717) is 10.7 Å². The summed E-state index contributed by atoms with van der Waals surface area (Å²) in [5.74, 6) is -0.287. The van der Waals surface area contributed by atoms with Crippen molar-refractivity contribution in [2.24, 2.45) is 0 Å². The maximum Gasteiger partial charge on any atom is 0.246 e. The Bertz CT molecular complexity index is 778. The molecule has 2 rings (SSSR count). The highest BCUT2D eigenvalue weighted by atomic mass is 35.5. The number of halogens is 1. The van der Waals surface area contributed by atoms with Crippen molar-refractivity contribution in [1.29, 1.82) is 0 Å². The molecule has 1 N–H and O–H groups in total. The third-order valence-corrected chi connectivity index (χ3v) is 4.53. The highest BCUT2D eigenvalue weighted by Crippen LogP contribution is 2.24. The van der Waals surface area contributed by atoms with Gasteiger partial charge in [0.1, 0.15) is 6.04 Å². The number of nitrogens with one attached hydrogen (secondary N) is 1. The molecule has 138 valence electrons. The molecule has 0 saturated carbocycles. The van der Waals surface area contributed by atoms with Gasteiger partial charge in [-0.05, 0) is 37.2 Å². The van der Waals surface area contributed by atoms with E-state index >= 15 is 0 Å². The molecule has 0 aliphatic heterocycles. The Morgan fingerprint density at radius 2 is 1.73 bits per heavy atom. The van der Waals surface area contributed by atoms with Crippen molar-refractivity contribution in [3.05, 3.63) is 64.7 Å². The molecule has 0 aromatic heterocycles. The lowest BCUT2D eigenvalue weighted by molar-refractivity contribution is -0.131. The van der Waals surface area contributed by atoms with Crippen LogP contribution in [0.1, 0.15) is 17.2 Å². The number of likely N-dealkylation sites (N-methyl/N-ethyl adjacent to an activating group) is 2. The van der Waals surface area contributed by atoms with Crippen LogP contribution in [0.2, 0.25) is 5.02 Å². The van der Waals surface area contributed by atoms with Gasteiger partial charge in [-0.2, -0.15) is 0 Å². The maximum absolute atomic E-state index is 13.0. The number of hydrogen-bond acceptors (Lipinski definition) is 3. The average Bonchev–Trinajstić information content (AvgIpc) is 2.59. The topological polar surface area (TPSA) is 52.7 Å². The number of rotatable bonds is 6.